The van der Waals surface area contributed by atoms with E-state index < -0.39 is 15.9 Å². The van der Waals surface area contributed by atoms with Gasteiger partial charge < -0.3 is 20.7 Å². The van der Waals surface area contributed by atoms with Crippen LogP contribution in [-0.4, -0.2) is 27.6 Å². The van der Waals surface area contributed by atoms with Crippen molar-refractivity contribution in [3.8, 4) is 5.75 Å². The van der Waals surface area contributed by atoms with Crippen LogP contribution in [0.25, 0.3) is 0 Å². The number of anilines is 1. The Bertz CT molecular complexity index is 773. The fourth-order valence-electron chi connectivity index (χ4n) is 1.90. The van der Waals surface area contributed by atoms with Crippen LogP contribution >= 0.6 is 63.0 Å². The number of carbonyl (C=O) groups is 1. The van der Waals surface area contributed by atoms with Crippen molar-refractivity contribution in [3.63, 3.8) is 0 Å². The first-order chi connectivity index (χ1) is 12.7. The van der Waals surface area contributed by atoms with Gasteiger partial charge in [0.05, 0.1) is 0 Å². The molecule has 0 heterocycles. The molecule has 1 atom stereocenters. The van der Waals surface area contributed by atoms with Gasteiger partial charge in [0.2, 0.25) is 3.79 Å². The van der Waals surface area contributed by atoms with Crippen LogP contribution in [0, 0.1) is 0 Å². The summed E-state index contributed by atoms with van der Waals surface area (Å²) >= 11 is 26.4. The molecule has 10 heteroatoms. The maximum absolute atomic E-state index is 12.1. The van der Waals surface area contributed by atoms with E-state index in [1.165, 1.54) is 0 Å². The zero-order chi connectivity index (χ0) is 19.9. The van der Waals surface area contributed by atoms with Crippen LogP contribution < -0.4 is 20.7 Å². The molecule has 27 heavy (non-hydrogen) atoms. The SMILES string of the molecule is O=C(COc1ccccc1)N[C@H](NC(=S)Nc1ccc(Br)cc1)C(Cl)(Cl)Cl. The molecule has 0 unspecified atom stereocenters. The van der Waals surface area contributed by atoms with Crippen molar-refractivity contribution in [3.05, 3.63) is 59.1 Å². The third-order valence-corrected chi connectivity index (χ3v) is 4.53. The number of benzene rings is 2. The Labute approximate surface area is 185 Å². The number of rotatable bonds is 6. The van der Waals surface area contributed by atoms with Gasteiger partial charge in [-0.15, -0.1) is 0 Å². The second-order valence-corrected chi connectivity index (χ2v) is 8.94. The van der Waals surface area contributed by atoms with Crippen molar-refractivity contribution in [2.24, 2.45) is 0 Å². The van der Waals surface area contributed by atoms with Gasteiger partial charge >= 0.3 is 0 Å². The summed E-state index contributed by atoms with van der Waals surface area (Å²) in [5, 5.41) is 8.44. The molecule has 0 aliphatic carbocycles. The molecule has 3 N–H and O–H groups in total. The Hall–Kier alpha value is -1.25. The van der Waals surface area contributed by atoms with Crippen LogP contribution in [-0.2, 0) is 4.79 Å². The third-order valence-electron chi connectivity index (χ3n) is 3.12. The number of halogens is 4. The summed E-state index contributed by atoms with van der Waals surface area (Å²) in [7, 11) is 0. The minimum atomic E-state index is -1.84. The number of carbonyl (C=O) groups excluding carboxylic acids is 1. The molecule has 0 radical (unpaired) electrons. The average Bonchev–Trinajstić information content (AvgIpc) is 2.61. The predicted octanol–water partition coefficient (Wildman–Crippen LogP) is 4.63. The summed E-state index contributed by atoms with van der Waals surface area (Å²) in [6.07, 6.45) is -1.06. The molecule has 0 aliphatic rings. The number of amides is 1. The van der Waals surface area contributed by atoms with Gasteiger partial charge in [0.25, 0.3) is 5.91 Å². The van der Waals surface area contributed by atoms with Crippen molar-refractivity contribution in [1.29, 1.82) is 0 Å². The highest BCUT2D eigenvalue weighted by Gasteiger charge is 2.34. The lowest BCUT2D eigenvalue weighted by atomic mass is 10.3. The van der Waals surface area contributed by atoms with Crippen molar-refractivity contribution < 1.29 is 9.53 Å². The molecular weight excluding hydrogens is 497 g/mol. The van der Waals surface area contributed by atoms with Crippen LogP contribution in [0.5, 0.6) is 5.75 Å². The van der Waals surface area contributed by atoms with E-state index in [9.17, 15) is 4.79 Å². The standard InChI is InChI=1S/C17H15BrCl3N3O2S/c18-11-6-8-12(9-7-11)22-16(27)24-15(17(19,20)21)23-14(25)10-26-13-4-2-1-3-5-13/h1-9,15H,10H2,(H,23,25)(H2,22,24,27)/t15-/m1/s1. The quantitative estimate of drug-likeness (QED) is 0.300. The molecule has 144 valence electrons. The number of hydrogen-bond donors (Lipinski definition) is 3. The Morgan fingerprint density at radius 1 is 1.07 bits per heavy atom. The first-order valence-corrected chi connectivity index (χ1v) is 9.94. The molecule has 0 spiro atoms. The van der Waals surface area contributed by atoms with Gasteiger partial charge in [-0.05, 0) is 48.6 Å². The molecule has 0 saturated heterocycles. The maximum atomic E-state index is 12.1. The number of nitrogens with one attached hydrogen (secondary N) is 3. The van der Waals surface area contributed by atoms with Crippen LogP contribution in [0.2, 0.25) is 0 Å². The molecule has 2 aromatic rings. The molecule has 0 aromatic heterocycles. The first kappa shape index (κ1) is 22.0. The number of thiocarbonyl (C=S) groups is 1. The number of alkyl halides is 3. The first-order valence-electron chi connectivity index (χ1n) is 7.61. The Balaban J connectivity index is 1.91. The molecule has 0 aliphatic heterocycles. The highest BCUT2D eigenvalue weighted by molar-refractivity contribution is 9.10. The van der Waals surface area contributed by atoms with Crippen LogP contribution in [0.3, 0.4) is 0 Å². The lowest BCUT2D eigenvalue weighted by Gasteiger charge is -2.27. The van der Waals surface area contributed by atoms with Gasteiger partial charge in [-0.25, -0.2) is 0 Å². The number of hydrogen-bond acceptors (Lipinski definition) is 3. The molecule has 2 rings (SSSR count). The van der Waals surface area contributed by atoms with Gasteiger partial charge in [0, 0.05) is 10.2 Å². The van der Waals surface area contributed by atoms with Gasteiger partial charge in [0.1, 0.15) is 11.9 Å². The third kappa shape index (κ3) is 8.11. The lowest BCUT2D eigenvalue weighted by Crippen LogP contribution is -2.56. The molecule has 0 bridgehead atoms. The summed E-state index contributed by atoms with van der Waals surface area (Å²) in [5.74, 6) is 0.0765. The van der Waals surface area contributed by atoms with Crippen LogP contribution in [0.4, 0.5) is 5.69 Å². The molecule has 2 aromatic carbocycles. The van der Waals surface area contributed by atoms with Crippen molar-refractivity contribution in [1.82, 2.24) is 10.6 Å². The lowest BCUT2D eigenvalue weighted by molar-refractivity contribution is -0.123. The van der Waals surface area contributed by atoms with E-state index in [4.69, 9.17) is 51.8 Å². The highest BCUT2D eigenvalue weighted by atomic mass is 79.9. The highest BCUT2D eigenvalue weighted by Crippen LogP contribution is 2.29. The fraction of sp³-hybridized carbons (Fsp3) is 0.176. The summed E-state index contributed by atoms with van der Waals surface area (Å²) in [6.45, 7) is -0.240. The van der Waals surface area contributed by atoms with E-state index in [0.29, 0.717) is 5.75 Å². The second kappa shape index (κ2) is 10.3. The monoisotopic (exact) mass is 509 g/mol. The smallest absolute Gasteiger partial charge is 0.259 e. The normalized spacial score (nSPS) is 12.0. The fourth-order valence-corrected chi connectivity index (χ4v) is 2.73. The van der Waals surface area contributed by atoms with E-state index in [1.807, 2.05) is 30.3 Å². The van der Waals surface area contributed by atoms with Gasteiger partial charge in [-0.1, -0.05) is 68.9 Å². The van der Waals surface area contributed by atoms with E-state index in [0.717, 1.165) is 10.2 Å². The van der Waals surface area contributed by atoms with Crippen LogP contribution in [0.1, 0.15) is 0 Å². The number of ether oxygens (including phenoxy) is 1. The van der Waals surface area contributed by atoms with Gasteiger partial charge in [0.15, 0.2) is 11.7 Å². The van der Waals surface area contributed by atoms with E-state index in [1.54, 1.807) is 24.3 Å². The molecular formula is C17H15BrCl3N3O2S. The maximum Gasteiger partial charge on any atom is 0.259 e. The average molecular weight is 512 g/mol. The van der Waals surface area contributed by atoms with E-state index >= 15 is 0 Å². The molecule has 0 saturated carbocycles. The molecule has 0 fully saturated rings. The van der Waals surface area contributed by atoms with Crippen molar-refractivity contribution >= 4 is 79.7 Å². The molecule has 1 amide bonds. The zero-order valence-electron chi connectivity index (χ0n) is 13.7. The summed E-state index contributed by atoms with van der Waals surface area (Å²) in [5.41, 5.74) is 0.734. The second-order valence-electron chi connectivity index (χ2n) is 5.25. The van der Waals surface area contributed by atoms with E-state index in [-0.39, 0.29) is 11.7 Å². The summed E-state index contributed by atoms with van der Waals surface area (Å²) < 4.78 is 4.46. The predicted molar refractivity (Wildman–Crippen MR) is 118 cm³/mol. The van der Waals surface area contributed by atoms with Gasteiger partial charge in [-0.3, -0.25) is 4.79 Å². The summed E-state index contributed by atoms with van der Waals surface area (Å²) in [6, 6.07) is 16.2. The Morgan fingerprint density at radius 2 is 1.70 bits per heavy atom. The van der Waals surface area contributed by atoms with Crippen molar-refractivity contribution in [2.45, 2.75) is 9.96 Å². The summed E-state index contributed by atoms with van der Waals surface area (Å²) in [4.78, 5) is 12.1. The number of para-hydroxylation sites is 1. The minimum absolute atomic E-state index is 0.179. The topological polar surface area (TPSA) is 62.4 Å². The Morgan fingerprint density at radius 3 is 2.30 bits per heavy atom. The van der Waals surface area contributed by atoms with Crippen molar-refractivity contribution in [2.75, 3.05) is 11.9 Å². The largest absolute Gasteiger partial charge is 0.484 e. The Kier molecular flexibility index (Phi) is 8.44. The minimum Gasteiger partial charge on any atom is -0.484 e. The van der Waals surface area contributed by atoms with Crippen LogP contribution in [0.15, 0.2) is 59.1 Å². The van der Waals surface area contributed by atoms with E-state index in [2.05, 4.69) is 31.9 Å². The van der Waals surface area contributed by atoms with Gasteiger partial charge in [-0.2, -0.15) is 0 Å². The zero-order valence-corrected chi connectivity index (χ0v) is 18.4. The molecule has 5 nitrogen and oxygen atoms in total.